The van der Waals surface area contributed by atoms with E-state index in [-0.39, 0.29) is 12.1 Å². The predicted octanol–water partition coefficient (Wildman–Crippen LogP) is 1.57. The molecule has 1 fully saturated rings. The van der Waals surface area contributed by atoms with Gasteiger partial charge in [-0.15, -0.1) is 0 Å². The number of hydrogen-bond acceptors (Lipinski definition) is 5. The standard InChI is InChI=1S/C14H16N2O4/c1-19-12-2-3-13-10(6-12)4-5-14(13)9-20-8-11(15-14)7-16(17)18/h2-3,6-7,15H,4-5,8-9H2,1H3/b11-7-. The van der Waals surface area contributed by atoms with E-state index in [9.17, 15) is 10.1 Å². The first kappa shape index (κ1) is 12.9. The summed E-state index contributed by atoms with van der Waals surface area (Å²) in [6, 6.07) is 5.96. The van der Waals surface area contributed by atoms with Crippen molar-refractivity contribution in [1.82, 2.24) is 5.32 Å². The number of fused-ring (bicyclic) bond motifs is 2. The van der Waals surface area contributed by atoms with Crippen LogP contribution in [0.3, 0.4) is 0 Å². The van der Waals surface area contributed by atoms with Crippen LogP contribution in [0.5, 0.6) is 5.75 Å². The minimum Gasteiger partial charge on any atom is -0.497 e. The van der Waals surface area contributed by atoms with Crippen molar-refractivity contribution in [2.24, 2.45) is 0 Å². The Morgan fingerprint density at radius 1 is 1.55 bits per heavy atom. The first-order valence-electron chi connectivity index (χ1n) is 6.50. The van der Waals surface area contributed by atoms with E-state index in [0.29, 0.717) is 12.3 Å². The minimum atomic E-state index is -0.450. The van der Waals surface area contributed by atoms with E-state index < -0.39 is 4.92 Å². The molecule has 1 N–H and O–H groups in total. The van der Waals surface area contributed by atoms with Crippen LogP contribution in [0.25, 0.3) is 0 Å². The van der Waals surface area contributed by atoms with Gasteiger partial charge < -0.3 is 14.8 Å². The molecule has 0 amide bonds. The van der Waals surface area contributed by atoms with Crippen molar-refractivity contribution < 1.29 is 14.4 Å². The monoisotopic (exact) mass is 276 g/mol. The van der Waals surface area contributed by atoms with Gasteiger partial charge in [-0.25, -0.2) is 0 Å². The second-order valence-corrected chi connectivity index (χ2v) is 5.16. The molecule has 1 heterocycles. The van der Waals surface area contributed by atoms with Gasteiger partial charge in [-0.2, -0.15) is 0 Å². The highest BCUT2D eigenvalue weighted by Gasteiger charge is 2.42. The van der Waals surface area contributed by atoms with Crippen LogP contribution in [0.15, 0.2) is 30.1 Å². The Hall–Kier alpha value is -2.08. The zero-order valence-electron chi connectivity index (χ0n) is 11.2. The van der Waals surface area contributed by atoms with Crippen molar-refractivity contribution in [2.75, 3.05) is 20.3 Å². The Kier molecular flexibility index (Phi) is 3.10. The van der Waals surface area contributed by atoms with Gasteiger partial charge in [0.15, 0.2) is 0 Å². The second-order valence-electron chi connectivity index (χ2n) is 5.16. The highest BCUT2D eigenvalue weighted by atomic mass is 16.6. The highest BCUT2D eigenvalue weighted by Crippen LogP contribution is 2.40. The number of nitrogens with one attached hydrogen (secondary N) is 1. The lowest BCUT2D eigenvalue weighted by Gasteiger charge is -2.37. The van der Waals surface area contributed by atoms with Crippen LogP contribution in [0.2, 0.25) is 0 Å². The van der Waals surface area contributed by atoms with Crippen LogP contribution in [0, 0.1) is 10.1 Å². The molecule has 0 aromatic heterocycles. The molecule has 0 bridgehead atoms. The molecule has 1 aromatic carbocycles. The fraction of sp³-hybridized carbons (Fsp3) is 0.429. The van der Waals surface area contributed by atoms with E-state index in [1.165, 1.54) is 5.56 Å². The number of morpholine rings is 1. The molecule has 1 atom stereocenters. The maximum Gasteiger partial charge on any atom is 0.255 e. The van der Waals surface area contributed by atoms with E-state index in [1.807, 2.05) is 18.2 Å². The summed E-state index contributed by atoms with van der Waals surface area (Å²) < 4.78 is 10.8. The number of ether oxygens (including phenoxy) is 2. The number of rotatable bonds is 2. The SMILES string of the molecule is COc1ccc2c(c1)CCC21COC/C(=C/[N+](=O)[O-])N1. The summed E-state index contributed by atoms with van der Waals surface area (Å²) >= 11 is 0. The third-order valence-electron chi connectivity index (χ3n) is 3.92. The Morgan fingerprint density at radius 3 is 3.15 bits per heavy atom. The quantitative estimate of drug-likeness (QED) is 0.655. The van der Waals surface area contributed by atoms with Gasteiger partial charge in [-0.3, -0.25) is 10.1 Å². The van der Waals surface area contributed by atoms with Crippen molar-refractivity contribution in [2.45, 2.75) is 18.4 Å². The second kappa shape index (κ2) is 4.79. The van der Waals surface area contributed by atoms with Crippen LogP contribution in [-0.4, -0.2) is 25.2 Å². The van der Waals surface area contributed by atoms with Gasteiger partial charge in [-0.05, 0) is 36.1 Å². The van der Waals surface area contributed by atoms with Gasteiger partial charge in [0, 0.05) is 0 Å². The number of hydrogen-bond donors (Lipinski definition) is 1. The van der Waals surface area contributed by atoms with E-state index in [0.717, 1.165) is 30.4 Å². The van der Waals surface area contributed by atoms with Crippen molar-refractivity contribution in [3.63, 3.8) is 0 Å². The Labute approximate surface area is 116 Å². The maximum atomic E-state index is 10.6. The molecular weight excluding hydrogens is 260 g/mol. The molecule has 6 nitrogen and oxygen atoms in total. The number of aryl methyl sites for hydroxylation is 1. The van der Waals surface area contributed by atoms with Gasteiger partial charge in [0.05, 0.1) is 30.8 Å². The molecule has 1 unspecified atom stereocenters. The number of nitrogens with zero attached hydrogens (tertiary/aromatic N) is 1. The van der Waals surface area contributed by atoms with Crippen LogP contribution in [0.4, 0.5) is 0 Å². The highest BCUT2D eigenvalue weighted by molar-refractivity contribution is 5.44. The normalized spacial score (nSPS) is 26.4. The van der Waals surface area contributed by atoms with Gasteiger partial charge in [0.25, 0.3) is 6.20 Å². The molecule has 106 valence electrons. The van der Waals surface area contributed by atoms with Crippen molar-refractivity contribution >= 4 is 0 Å². The number of benzene rings is 1. The molecule has 2 aliphatic rings. The van der Waals surface area contributed by atoms with Crippen LogP contribution in [0.1, 0.15) is 17.5 Å². The molecule has 0 radical (unpaired) electrons. The molecule has 1 saturated heterocycles. The third-order valence-corrected chi connectivity index (χ3v) is 3.92. The van der Waals surface area contributed by atoms with Crippen molar-refractivity contribution in [3.05, 3.63) is 51.3 Å². The molecule has 1 aliphatic carbocycles. The molecule has 6 heteroatoms. The van der Waals surface area contributed by atoms with E-state index in [1.54, 1.807) is 7.11 Å². The van der Waals surface area contributed by atoms with Gasteiger partial charge in [-0.1, -0.05) is 6.07 Å². The summed E-state index contributed by atoms with van der Waals surface area (Å²) in [7, 11) is 1.65. The van der Waals surface area contributed by atoms with Crippen LogP contribution in [-0.2, 0) is 16.7 Å². The maximum absolute atomic E-state index is 10.6. The zero-order chi connectivity index (χ0) is 14.2. The molecule has 3 rings (SSSR count). The predicted molar refractivity (Wildman–Crippen MR) is 72.0 cm³/mol. The van der Waals surface area contributed by atoms with E-state index >= 15 is 0 Å². The molecule has 1 aromatic rings. The first-order chi connectivity index (χ1) is 9.63. The molecule has 1 spiro atoms. The summed E-state index contributed by atoms with van der Waals surface area (Å²) in [6.07, 6.45) is 2.77. The molecule has 20 heavy (non-hydrogen) atoms. The lowest BCUT2D eigenvalue weighted by atomic mass is 9.91. The third kappa shape index (κ3) is 2.12. The van der Waals surface area contributed by atoms with Crippen molar-refractivity contribution in [3.8, 4) is 5.75 Å². The van der Waals surface area contributed by atoms with E-state index in [2.05, 4.69) is 5.32 Å². The summed E-state index contributed by atoms with van der Waals surface area (Å²) in [6.45, 7) is 0.787. The first-order valence-corrected chi connectivity index (χ1v) is 6.50. The lowest BCUT2D eigenvalue weighted by molar-refractivity contribution is -0.404. The van der Waals surface area contributed by atoms with Crippen LogP contribution >= 0.6 is 0 Å². The molecule has 0 saturated carbocycles. The lowest BCUT2D eigenvalue weighted by Crippen LogP contribution is -2.49. The van der Waals surface area contributed by atoms with Crippen molar-refractivity contribution in [1.29, 1.82) is 0 Å². The van der Waals surface area contributed by atoms with Gasteiger partial charge >= 0.3 is 0 Å². The molecule has 1 aliphatic heterocycles. The summed E-state index contributed by atoms with van der Waals surface area (Å²) in [5.74, 6) is 0.832. The number of methoxy groups -OCH3 is 1. The smallest absolute Gasteiger partial charge is 0.255 e. The topological polar surface area (TPSA) is 73.6 Å². The van der Waals surface area contributed by atoms with Crippen LogP contribution < -0.4 is 10.1 Å². The average Bonchev–Trinajstić information content (AvgIpc) is 2.76. The summed E-state index contributed by atoms with van der Waals surface area (Å²) in [5, 5.41) is 13.9. The Morgan fingerprint density at radius 2 is 2.40 bits per heavy atom. The fourth-order valence-corrected chi connectivity index (χ4v) is 3.04. The zero-order valence-corrected chi connectivity index (χ0v) is 11.2. The van der Waals surface area contributed by atoms with Gasteiger partial charge in [0.1, 0.15) is 11.4 Å². The molecular formula is C14H16N2O4. The fourth-order valence-electron chi connectivity index (χ4n) is 3.04. The number of nitro groups is 1. The largest absolute Gasteiger partial charge is 0.497 e. The Bertz CT molecular complexity index is 585. The summed E-state index contributed by atoms with van der Waals surface area (Å²) in [5.41, 5.74) is 2.53. The van der Waals surface area contributed by atoms with Gasteiger partial charge in [0.2, 0.25) is 0 Å². The van der Waals surface area contributed by atoms with E-state index in [4.69, 9.17) is 9.47 Å². The minimum absolute atomic E-state index is 0.258. The summed E-state index contributed by atoms with van der Waals surface area (Å²) in [4.78, 5) is 10.2. The average molecular weight is 276 g/mol. The Balaban J connectivity index is 1.94.